The Kier molecular flexibility index (Phi) is 8.96. The van der Waals surface area contributed by atoms with Crippen LogP contribution in [0.1, 0.15) is 26.1 Å². The van der Waals surface area contributed by atoms with Gasteiger partial charge in [0.25, 0.3) is 0 Å². The minimum absolute atomic E-state index is 0.0440. The van der Waals surface area contributed by atoms with Crippen LogP contribution in [0.25, 0.3) is 39.0 Å². The molecule has 56 heavy (non-hydrogen) atoms. The number of fused-ring (bicyclic) bond motifs is 6. The highest BCUT2D eigenvalue weighted by atomic mass is 19.1. The number of nitrogens with zero attached hydrogens (tertiary/aromatic N) is 12. The molecule has 3 aliphatic rings. The van der Waals surface area contributed by atoms with Gasteiger partial charge in [0.1, 0.15) is 29.0 Å². The number of nitrogens with one attached hydrogen (secondary N) is 1. The minimum atomic E-state index is -0.778. The van der Waals surface area contributed by atoms with Gasteiger partial charge in [-0.05, 0) is 58.5 Å². The third-order valence-electron chi connectivity index (χ3n) is 11.3. The number of anilines is 3. The van der Waals surface area contributed by atoms with E-state index in [9.17, 15) is 9.65 Å². The summed E-state index contributed by atoms with van der Waals surface area (Å²) >= 11 is 0. The third-order valence-corrected chi connectivity index (χ3v) is 11.3. The zero-order chi connectivity index (χ0) is 38.8. The van der Waals surface area contributed by atoms with Gasteiger partial charge in [-0.1, -0.05) is 0 Å². The first-order valence-electron chi connectivity index (χ1n) is 18.8. The Morgan fingerprint density at radius 1 is 0.982 bits per heavy atom. The highest BCUT2D eigenvalue weighted by Gasteiger charge is 2.41. The molecule has 9 rings (SSSR count). The first kappa shape index (κ1) is 35.8. The van der Waals surface area contributed by atoms with Crippen LogP contribution in [0.2, 0.25) is 0 Å². The van der Waals surface area contributed by atoms with Crippen LogP contribution in [-0.4, -0.2) is 108 Å². The topological polar surface area (TPSA) is 142 Å². The van der Waals surface area contributed by atoms with Crippen LogP contribution in [0, 0.1) is 41.6 Å². The van der Waals surface area contributed by atoms with E-state index in [0.717, 1.165) is 17.4 Å². The van der Waals surface area contributed by atoms with Crippen LogP contribution < -0.4 is 15.1 Å². The molecule has 2 fully saturated rings. The number of likely N-dealkylation sites (N-methyl/N-ethyl adjacent to an activating group) is 1. The van der Waals surface area contributed by atoms with Crippen molar-refractivity contribution in [2.24, 2.45) is 5.92 Å². The summed E-state index contributed by atoms with van der Waals surface area (Å²) in [5.74, 6) is 0.0824. The van der Waals surface area contributed by atoms with E-state index in [1.807, 2.05) is 18.7 Å². The van der Waals surface area contributed by atoms with E-state index in [4.69, 9.17) is 24.7 Å². The first-order valence-corrected chi connectivity index (χ1v) is 18.8. The van der Waals surface area contributed by atoms with Gasteiger partial charge in [0.2, 0.25) is 11.9 Å². The fraction of sp³-hybridized carbons (Fsp3) is 0.410. The maximum Gasteiger partial charge on any atom is 0.229 e. The number of ether oxygens (including phenoxy) is 1. The molecule has 4 aromatic heterocycles. The number of imidazole rings is 1. The summed E-state index contributed by atoms with van der Waals surface area (Å²) < 4.78 is 54.2. The fourth-order valence-electron chi connectivity index (χ4n) is 8.38. The monoisotopic (exact) mass is 763 g/mol. The van der Waals surface area contributed by atoms with Crippen LogP contribution in [0.15, 0.2) is 48.8 Å². The van der Waals surface area contributed by atoms with Crippen molar-refractivity contribution in [3.05, 3.63) is 72.1 Å². The maximum atomic E-state index is 15.2. The zero-order valence-electron chi connectivity index (χ0n) is 31.4. The molecule has 4 atom stereocenters. The molecule has 0 radical (unpaired) electrons. The number of hydrogen-bond donors (Lipinski definition) is 1. The number of benzene rings is 2. The molecule has 17 heteroatoms. The number of aryl methyl sites for hydroxylation is 1. The van der Waals surface area contributed by atoms with Crippen molar-refractivity contribution in [1.29, 1.82) is 5.26 Å². The Bertz CT molecular complexity index is 2510. The van der Waals surface area contributed by atoms with Crippen molar-refractivity contribution in [3.63, 3.8) is 0 Å². The molecule has 2 saturated heterocycles. The Hall–Kier alpha value is -5.86. The molecule has 288 valence electrons. The van der Waals surface area contributed by atoms with E-state index in [0.29, 0.717) is 91.3 Å². The van der Waals surface area contributed by atoms with Gasteiger partial charge >= 0.3 is 0 Å². The third kappa shape index (κ3) is 6.22. The smallest absolute Gasteiger partial charge is 0.229 e. The van der Waals surface area contributed by atoms with Crippen molar-refractivity contribution in [3.8, 4) is 23.0 Å². The number of rotatable bonds is 5. The molecule has 4 bridgehead atoms. The molecule has 2 unspecified atom stereocenters. The molecule has 6 aromatic rings. The molecule has 0 aliphatic carbocycles. The van der Waals surface area contributed by atoms with E-state index >= 15 is 8.78 Å². The summed E-state index contributed by atoms with van der Waals surface area (Å²) in [6.07, 6.45) is 3.72. The molecule has 0 amide bonds. The van der Waals surface area contributed by atoms with E-state index in [1.165, 1.54) is 28.9 Å². The SMILES string of the molecule is CCO[C@H]1CN(C)C(C)[C@@H]2CC(CN2c2nc(N3CC(C#N)C3)nc3c2cnn3-c2ccc(F)cc2F)Nc2nccc(n2)-c2cc(F)cc3nc(C)n(c23)C1. The van der Waals surface area contributed by atoms with Gasteiger partial charge < -0.3 is 24.4 Å². The second kappa shape index (κ2) is 14.0. The molecule has 7 heterocycles. The lowest BCUT2D eigenvalue weighted by atomic mass is 10.0. The van der Waals surface area contributed by atoms with Crippen molar-refractivity contribution >= 4 is 39.8 Å². The van der Waals surface area contributed by atoms with Crippen LogP contribution in [0.3, 0.4) is 0 Å². The summed E-state index contributed by atoms with van der Waals surface area (Å²) in [6.45, 7) is 9.03. The van der Waals surface area contributed by atoms with Crippen molar-refractivity contribution in [2.75, 3.05) is 55.0 Å². The maximum absolute atomic E-state index is 15.2. The quantitative estimate of drug-likeness (QED) is 0.250. The number of halogens is 3. The number of hydrogen-bond acceptors (Lipinski definition) is 12. The van der Waals surface area contributed by atoms with Crippen molar-refractivity contribution in [1.82, 2.24) is 44.2 Å². The highest BCUT2D eigenvalue weighted by Crippen LogP contribution is 2.38. The van der Waals surface area contributed by atoms with Crippen LogP contribution in [0.5, 0.6) is 0 Å². The number of nitriles is 1. The first-order chi connectivity index (χ1) is 27.1. The van der Waals surface area contributed by atoms with E-state index in [-0.39, 0.29) is 35.8 Å². The van der Waals surface area contributed by atoms with Gasteiger partial charge in [0, 0.05) is 74.8 Å². The fourth-order valence-corrected chi connectivity index (χ4v) is 8.38. The summed E-state index contributed by atoms with van der Waals surface area (Å²) in [7, 11) is 2.08. The van der Waals surface area contributed by atoms with Crippen molar-refractivity contribution in [2.45, 2.75) is 58.0 Å². The predicted octanol–water partition coefficient (Wildman–Crippen LogP) is 5.11. The normalized spacial score (nSPS) is 21.8. The Balaban J connectivity index is 1.17. The molecule has 0 spiro atoms. The minimum Gasteiger partial charge on any atom is -0.375 e. The zero-order valence-corrected chi connectivity index (χ0v) is 31.4. The van der Waals surface area contributed by atoms with Gasteiger partial charge in [-0.25, -0.2) is 32.8 Å². The van der Waals surface area contributed by atoms with Crippen LogP contribution in [-0.2, 0) is 11.3 Å². The van der Waals surface area contributed by atoms with Crippen LogP contribution in [0.4, 0.5) is 30.9 Å². The van der Waals surface area contributed by atoms with Gasteiger partial charge in [-0.15, -0.1) is 0 Å². The Labute approximate surface area is 320 Å². The molecule has 1 N–H and O–H groups in total. The lowest BCUT2D eigenvalue weighted by Gasteiger charge is -2.38. The number of aromatic nitrogens is 8. The second-order valence-electron chi connectivity index (χ2n) is 14.9. The average molecular weight is 764 g/mol. The second-order valence-corrected chi connectivity index (χ2v) is 14.9. The standard InChI is InChI=1S/C39H40F3N13O/c1-5-56-27-19-51(4)21(2)34-13-26(47-38-44-9-8-31(48-38)28-10-25(41)12-32-35(28)53(20-27)22(3)46-32)18-54(34)36-29-15-45-55(33-7-6-24(40)11-30(33)42)37(29)50-39(49-36)52-16-23(14-43)17-52/h6-12,15,21,23,26-27,34H,5,13,16-20H2,1-4H3,(H,44,47,48)/t21?,26?,27-,34-/m0/s1. The highest BCUT2D eigenvalue weighted by molar-refractivity contribution is 5.92. The molecule has 14 nitrogen and oxygen atoms in total. The van der Waals surface area contributed by atoms with Gasteiger partial charge in [-0.3, -0.25) is 4.90 Å². The Morgan fingerprint density at radius 2 is 1.82 bits per heavy atom. The van der Waals surface area contributed by atoms with Gasteiger partial charge in [-0.2, -0.15) is 20.3 Å². The van der Waals surface area contributed by atoms with Crippen LogP contribution >= 0.6 is 0 Å². The van der Waals surface area contributed by atoms with E-state index in [1.54, 1.807) is 18.5 Å². The molecule has 2 aromatic carbocycles. The predicted molar refractivity (Wildman–Crippen MR) is 204 cm³/mol. The Morgan fingerprint density at radius 3 is 2.61 bits per heavy atom. The lowest BCUT2D eigenvalue weighted by molar-refractivity contribution is 0.0190. The molecule has 0 saturated carbocycles. The van der Waals surface area contributed by atoms with Gasteiger partial charge in [0.05, 0.1) is 52.9 Å². The summed E-state index contributed by atoms with van der Waals surface area (Å²) in [4.78, 5) is 30.7. The average Bonchev–Trinajstić information content (AvgIpc) is 3.85. The van der Waals surface area contributed by atoms with E-state index in [2.05, 4.69) is 49.8 Å². The van der Waals surface area contributed by atoms with Crippen molar-refractivity contribution < 1.29 is 17.9 Å². The molecular weight excluding hydrogens is 724 g/mol. The largest absolute Gasteiger partial charge is 0.375 e. The molecule has 3 aliphatic heterocycles. The summed E-state index contributed by atoms with van der Waals surface area (Å²) in [6, 6.07) is 10.1. The lowest BCUT2D eigenvalue weighted by Crippen LogP contribution is -2.50. The molecular formula is C39H40F3N13O. The van der Waals surface area contributed by atoms with Gasteiger partial charge in [0.15, 0.2) is 11.5 Å². The summed E-state index contributed by atoms with van der Waals surface area (Å²) in [5, 5.41) is 18.3. The van der Waals surface area contributed by atoms with E-state index < -0.39 is 17.5 Å². The summed E-state index contributed by atoms with van der Waals surface area (Å²) in [5.41, 5.74) is 2.90.